The van der Waals surface area contributed by atoms with Gasteiger partial charge in [-0.05, 0) is 25.7 Å². The van der Waals surface area contributed by atoms with Crippen molar-refractivity contribution in [2.24, 2.45) is 5.92 Å². The Labute approximate surface area is 70.0 Å². The number of hydrogen-bond acceptors (Lipinski definition) is 4. The van der Waals surface area contributed by atoms with Gasteiger partial charge in [-0.3, -0.25) is 0 Å². The molecule has 0 radical (unpaired) electrons. The van der Waals surface area contributed by atoms with E-state index in [4.69, 9.17) is 0 Å². The first-order valence-corrected chi connectivity index (χ1v) is 4.67. The van der Waals surface area contributed by atoms with Crippen LogP contribution < -0.4 is 5.32 Å². The van der Waals surface area contributed by atoms with E-state index in [0.29, 0.717) is 6.04 Å². The van der Waals surface area contributed by atoms with Crippen molar-refractivity contribution >= 4 is 16.5 Å². The molecular weight excluding hydrogens is 158 g/mol. The lowest BCUT2D eigenvalue weighted by molar-refractivity contribution is 0.696. The second kappa shape index (κ2) is 2.77. The van der Waals surface area contributed by atoms with Crippen molar-refractivity contribution in [3.8, 4) is 0 Å². The van der Waals surface area contributed by atoms with Crippen LogP contribution in [0.5, 0.6) is 0 Å². The van der Waals surface area contributed by atoms with Crippen LogP contribution >= 0.6 is 11.5 Å². The molecule has 4 heteroatoms. The molecule has 1 saturated carbocycles. The van der Waals surface area contributed by atoms with Crippen LogP contribution in [0.2, 0.25) is 0 Å². The Morgan fingerprint density at radius 2 is 2.55 bits per heavy atom. The summed E-state index contributed by atoms with van der Waals surface area (Å²) in [5.74, 6) is 0.886. The highest BCUT2D eigenvalue weighted by Gasteiger charge is 2.27. The molecule has 60 valence electrons. The van der Waals surface area contributed by atoms with Crippen LogP contribution in [0.25, 0.3) is 0 Å². The van der Waals surface area contributed by atoms with Crippen molar-refractivity contribution in [2.75, 3.05) is 5.32 Å². The standard InChI is InChI=1S/C7H11N3S/c1-5(6-2-3-6)9-7-4-8-10-11-7/h4-6,9H,2-3H2,1H3. The van der Waals surface area contributed by atoms with Gasteiger partial charge in [0.25, 0.3) is 0 Å². The lowest BCUT2D eigenvalue weighted by atomic mass is 10.2. The van der Waals surface area contributed by atoms with Crippen LogP contribution in [0.1, 0.15) is 19.8 Å². The lowest BCUT2D eigenvalue weighted by Gasteiger charge is -2.10. The molecule has 1 aromatic rings. The van der Waals surface area contributed by atoms with Gasteiger partial charge in [-0.25, -0.2) is 0 Å². The molecule has 0 saturated heterocycles. The van der Waals surface area contributed by atoms with Crippen LogP contribution in [0.15, 0.2) is 6.20 Å². The van der Waals surface area contributed by atoms with Crippen molar-refractivity contribution in [2.45, 2.75) is 25.8 Å². The minimum atomic E-state index is 0.595. The van der Waals surface area contributed by atoms with Crippen LogP contribution in [-0.2, 0) is 0 Å². The summed E-state index contributed by atoms with van der Waals surface area (Å²) < 4.78 is 3.78. The zero-order chi connectivity index (χ0) is 7.68. The molecule has 0 amide bonds. The minimum Gasteiger partial charge on any atom is -0.372 e. The third-order valence-electron chi connectivity index (χ3n) is 2.06. The molecule has 1 N–H and O–H groups in total. The predicted molar refractivity (Wildman–Crippen MR) is 45.7 cm³/mol. The van der Waals surface area contributed by atoms with Gasteiger partial charge in [0.15, 0.2) is 0 Å². The van der Waals surface area contributed by atoms with Crippen LogP contribution in [0, 0.1) is 5.92 Å². The first-order valence-electron chi connectivity index (χ1n) is 3.90. The topological polar surface area (TPSA) is 37.8 Å². The van der Waals surface area contributed by atoms with Gasteiger partial charge in [-0.2, -0.15) is 0 Å². The van der Waals surface area contributed by atoms with Gasteiger partial charge in [0.2, 0.25) is 0 Å². The van der Waals surface area contributed by atoms with E-state index < -0.39 is 0 Å². The molecule has 0 aliphatic heterocycles. The SMILES string of the molecule is CC(Nc1cnns1)C1CC1. The van der Waals surface area contributed by atoms with E-state index in [1.165, 1.54) is 24.4 Å². The second-order valence-corrected chi connectivity index (χ2v) is 3.84. The average molecular weight is 169 g/mol. The molecule has 1 fully saturated rings. The monoisotopic (exact) mass is 169 g/mol. The quantitative estimate of drug-likeness (QED) is 0.749. The summed E-state index contributed by atoms with van der Waals surface area (Å²) in [6.07, 6.45) is 4.53. The van der Waals surface area contributed by atoms with Gasteiger partial charge < -0.3 is 5.32 Å². The molecule has 1 aliphatic rings. The number of nitrogens with one attached hydrogen (secondary N) is 1. The van der Waals surface area contributed by atoms with Gasteiger partial charge in [0, 0.05) is 17.6 Å². The summed E-state index contributed by atoms with van der Waals surface area (Å²) in [5.41, 5.74) is 0. The van der Waals surface area contributed by atoms with Crippen molar-refractivity contribution < 1.29 is 0 Å². The van der Waals surface area contributed by atoms with Crippen molar-refractivity contribution in [3.63, 3.8) is 0 Å². The molecule has 1 unspecified atom stereocenters. The molecule has 1 aliphatic carbocycles. The first-order chi connectivity index (χ1) is 5.36. The van der Waals surface area contributed by atoms with Crippen LogP contribution in [-0.4, -0.2) is 15.6 Å². The molecule has 0 spiro atoms. The zero-order valence-corrected chi connectivity index (χ0v) is 7.27. The molecule has 3 nitrogen and oxygen atoms in total. The third kappa shape index (κ3) is 1.68. The van der Waals surface area contributed by atoms with Gasteiger partial charge in [-0.15, -0.1) is 5.10 Å². The molecule has 0 aromatic carbocycles. The second-order valence-electron chi connectivity index (χ2n) is 3.05. The lowest BCUT2D eigenvalue weighted by Crippen LogP contribution is -2.16. The molecule has 11 heavy (non-hydrogen) atoms. The van der Waals surface area contributed by atoms with Crippen molar-refractivity contribution in [3.05, 3.63) is 6.20 Å². The normalized spacial score (nSPS) is 19.7. The van der Waals surface area contributed by atoms with Crippen molar-refractivity contribution in [1.29, 1.82) is 0 Å². The highest BCUT2D eigenvalue weighted by atomic mass is 32.1. The first kappa shape index (κ1) is 7.03. The summed E-state index contributed by atoms with van der Waals surface area (Å²) in [6.45, 7) is 2.22. The number of nitrogens with zero attached hydrogens (tertiary/aromatic N) is 2. The summed E-state index contributed by atoms with van der Waals surface area (Å²) in [7, 11) is 0. The van der Waals surface area contributed by atoms with Gasteiger partial charge in [-0.1, -0.05) is 4.49 Å². The Kier molecular flexibility index (Phi) is 1.77. The summed E-state index contributed by atoms with van der Waals surface area (Å²) in [6, 6.07) is 0.595. The Hall–Kier alpha value is -0.640. The Morgan fingerprint density at radius 3 is 3.09 bits per heavy atom. The fourth-order valence-electron chi connectivity index (χ4n) is 1.17. The fraction of sp³-hybridized carbons (Fsp3) is 0.714. The maximum absolute atomic E-state index is 3.78. The molecule has 2 rings (SSSR count). The van der Waals surface area contributed by atoms with E-state index in [1.807, 2.05) is 0 Å². The van der Waals surface area contributed by atoms with Crippen molar-refractivity contribution in [1.82, 2.24) is 9.59 Å². The maximum Gasteiger partial charge on any atom is 0.130 e. The van der Waals surface area contributed by atoms with Crippen LogP contribution in [0.3, 0.4) is 0 Å². The van der Waals surface area contributed by atoms with E-state index in [9.17, 15) is 0 Å². The molecule has 0 bridgehead atoms. The smallest absolute Gasteiger partial charge is 0.130 e. The highest BCUT2D eigenvalue weighted by Crippen LogP contribution is 2.34. The zero-order valence-electron chi connectivity index (χ0n) is 6.45. The van der Waals surface area contributed by atoms with E-state index in [1.54, 1.807) is 6.20 Å². The molecule has 1 aromatic heterocycles. The van der Waals surface area contributed by atoms with Crippen LogP contribution in [0.4, 0.5) is 5.00 Å². The Balaban J connectivity index is 1.89. The van der Waals surface area contributed by atoms with E-state index >= 15 is 0 Å². The minimum absolute atomic E-state index is 0.595. The number of hydrogen-bond donors (Lipinski definition) is 1. The number of aromatic nitrogens is 2. The van der Waals surface area contributed by atoms with Gasteiger partial charge >= 0.3 is 0 Å². The Morgan fingerprint density at radius 1 is 1.73 bits per heavy atom. The molecule has 1 heterocycles. The molecule has 1 atom stereocenters. The van der Waals surface area contributed by atoms with E-state index in [2.05, 4.69) is 21.8 Å². The summed E-state index contributed by atoms with van der Waals surface area (Å²) in [4.78, 5) is 0. The van der Waals surface area contributed by atoms with Gasteiger partial charge in [0.1, 0.15) is 5.00 Å². The fourth-order valence-corrected chi connectivity index (χ4v) is 1.68. The predicted octanol–water partition coefficient (Wildman–Crippen LogP) is 1.75. The highest BCUT2D eigenvalue weighted by molar-refractivity contribution is 7.09. The van der Waals surface area contributed by atoms with E-state index in [-0.39, 0.29) is 0 Å². The maximum atomic E-state index is 3.78. The largest absolute Gasteiger partial charge is 0.372 e. The number of anilines is 1. The van der Waals surface area contributed by atoms with E-state index in [0.717, 1.165) is 10.9 Å². The number of rotatable bonds is 3. The summed E-state index contributed by atoms with van der Waals surface area (Å²) >= 11 is 1.42. The molecular formula is C7H11N3S. The average Bonchev–Trinajstić information content (AvgIpc) is 2.73. The third-order valence-corrected chi connectivity index (χ3v) is 2.66. The van der Waals surface area contributed by atoms with Gasteiger partial charge in [0.05, 0.1) is 6.20 Å². The Bertz CT molecular complexity index is 218. The summed E-state index contributed by atoms with van der Waals surface area (Å²) in [5, 5.41) is 8.23.